The minimum absolute atomic E-state index is 0.169. The number of likely N-dealkylation sites (tertiary alicyclic amines) is 1. The average molecular weight is 341 g/mol. The van der Waals surface area contributed by atoms with E-state index in [9.17, 15) is 4.79 Å². The molecule has 0 aliphatic carbocycles. The third-order valence-corrected chi connectivity index (χ3v) is 4.77. The molecule has 0 N–H and O–H groups in total. The molecule has 0 spiro atoms. The molecule has 1 saturated heterocycles. The molecular formula is C20H27N3O2. The molecule has 5 nitrogen and oxygen atoms in total. The molecule has 2 aromatic rings. The van der Waals surface area contributed by atoms with Gasteiger partial charge in [-0.15, -0.1) is 0 Å². The Labute approximate surface area is 149 Å². The standard InChI is InChI=1S/C20H27N3O2/c1-3-4-14-25-20(24)22-11-8-17(9-12-22)19-10-13-23(21-19)18-7-5-6-16(2)15-18/h5-7,10,13,15,17H,3-4,8-9,11-12,14H2,1-2H3. The van der Waals surface area contributed by atoms with Crippen LogP contribution >= 0.6 is 0 Å². The van der Waals surface area contributed by atoms with Crippen LogP contribution in [0.15, 0.2) is 36.5 Å². The molecule has 0 radical (unpaired) electrons. The summed E-state index contributed by atoms with van der Waals surface area (Å²) in [7, 11) is 0. The largest absolute Gasteiger partial charge is 0.449 e. The van der Waals surface area contributed by atoms with E-state index in [1.165, 1.54) is 5.56 Å². The maximum absolute atomic E-state index is 12.0. The molecule has 134 valence electrons. The van der Waals surface area contributed by atoms with Gasteiger partial charge >= 0.3 is 6.09 Å². The van der Waals surface area contributed by atoms with E-state index in [0.29, 0.717) is 12.5 Å². The fraction of sp³-hybridized carbons (Fsp3) is 0.500. The number of ether oxygens (including phenoxy) is 1. The van der Waals surface area contributed by atoms with E-state index in [1.807, 2.05) is 15.8 Å². The first-order valence-electron chi connectivity index (χ1n) is 9.21. The fourth-order valence-corrected chi connectivity index (χ4v) is 3.22. The number of benzene rings is 1. The van der Waals surface area contributed by atoms with Crippen LogP contribution in [0.1, 0.15) is 49.8 Å². The number of unbranched alkanes of at least 4 members (excludes halogenated alkanes) is 1. The summed E-state index contributed by atoms with van der Waals surface area (Å²) in [4.78, 5) is 13.8. The van der Waals surface area contributed by atoms with E-state index >= 15 is 0 Å². The van der Waals surface area contributed by atoms with E-state index in [4.69, 9.17) is 9.84 Å². The van der Waals surface area contributed by atoms with Gasteiger partial charge in [0, 0.05) is 25.2 Å². The minimum Gasteiger partial charge on any atom is -0.449 e. The number of carbonyl (C=O) groups is 1. The molecule has 2 heterocycles. The molecular weight excluding hydrogens is 314 g/mol. The zero-order valence-electron chi connectivity index (χ0n) is 15.1. The van der Waals surface area contributed by atoms with Gasteiger partial charge in [-0.05, 0) is 49.9 Å². The van der Waals surface area contributed by atoms with Crippen molar-refractivity contribution in [3.05, 3.63) is 47.8 Å². The predicted molar refractivity (Wildman–Crippen MR) is 98.1 cm³/mol. The molecule has 5 heteroatoms. The maximum atomic E-state index is 12.0. The van der Waals surface area contributed by atoms with Gasteiger partial charge in [0.15, 0.2) is 0 Å². The number of rotatable bonds is 5. The Morgan fingerprint density at radius 2 is 2.08 bits per heavy atom. The van der Waals surface area contributed by atoms with Crippen LogP contribution in [-0.4, -0.2) is 40.5 Å². The SMILES string of the molecule is CCCCOC(=O)N1CCC(c2ccn(-c3cccc(C)c3)n2)CC1. The van der Waals surface area contributed by atoms with Gasteiger partial charge in [0.2, 0.25) is 0 Å². The highest BCUT2D eigenvalue weighted by Crippen LogP contribution is 2.27. The number of nitrogens with zero attached hydrogens (tertiary/aromatic N) is 3. The van der Waals surface area contributed by atoms with Gasteiger partial charge in [-0.2, -0.15) is 5.10 Å². The Kier molecular flexibility index (Phi) is 5.74. The minimum atomic E-state index is -0.169. The van der Waals surface area contributed by atoms with Crippen LogP contribution in [0.25, 0.3) is 5.69 Å². The van der Waals surface area contributed by atoms with Crippen LogP contribution in [0.3, 0.4) is 0 Å². The first kappa shape index (κ1) is 17.5. The molecule has 1 aliphatic heterocycles. The second-order valence-electron chi connectivity index (χ2n) is 6.75. The summed E-state index contributed by atoms with van der Waals surface area (Å²) in [6.07, 6.45) is 5.70. The molecule has 0 atom stereocenters. The number of aromatic nitrogens is 2. The van der Waals surface area contributed by atoms with Crippen molar-refractivity contribution < 1.29 is 9.53 Å². The van der Waals surface area contributed by atoms with Crippen molar-refractivity contribution in [2.45, 2.75) is 45.4 Å². The molecule has 3 rings (SSSR count). The summed E-state index contributed by atoms with van der Waals surface area (Å²) in [5.74, 6) is 0.408. The van der Waals surface area contributed by atoms with Crippen LogP contribution in [0.4, 0.5) is 4.79 Å². The van der Waals surface area contributed by atoms with Gasteiger partial charge in [0.1, 0.15) is 0 Å². The molecule has 1 aromatic heterocycles. The van der Waals surface area contributed by atoms with Crippen LogP contribution in [0.5, 0.6) is 0 Å². The normalized spacial score (nSPS) is 15.4. The molecule has 1 aliphatic rings. The predicted octanol–water partition coefficient (Wildman–Crippen LogP) is 4.30. The van der Waals surface area contributed by atoms with Crippen LogP contribution in [0.2, 0.25) is 0 Å². The maximum Gasteiger partial charge on any atom is 0.409 e. The number of hydrogen-bond donors (Lipinski definition) is 0. The number of hydrogen-bond acceptors (Lipinski definition) is 3. The second kappa shape index (κ2) is 8.19. The summed E-state index contributed by atoms with van der Waals surface area (Å²) in [5, 5.41) is 4.76. The summed E-state index contributed by atoms with van der Waals surface area (Å²) in [5.41, 5.74) is 3.42. The van der Waals surface area contributed by atoms with Crippen molar-refractivity contribution in [3.63, 3.8) is 0 Å². The average Bonchev–Trinajstić information content (AvgIpc) is 3.12. The topological polar surface area (TPSA) is 47.4 Å². The van der Waals surface area contributed by atoms with Crippen LogP contribution < -0.4 is 0 Å². The Morgan fingerprint density at radius 3 is 2.80 bits per heavy atom. The number of aryl methyl sites for hydroxylation is 1. The van der Waals surface area contributed by atoms with E-state index in [2.05, 4.69) is 44.2 Å². The molecule has 1 aromatic carbocycles. The lowest BCUT2D eigenvalue weighted by Crippen LogP contribution is -2.38. The first-order chi connectivity index (χ1) is 12.2. The summed E-state index contributed by atoms with van der Waals surface area (Å²) in [6, 6.07) is 10.4. The highest BCUT2D eigenvalue weighted by Gasteiger charge is 2.26. The van der Waals surface area contributed by atoms with Gasteiger partial charge in [-0.1, -0.05) is 25.5 Å². The van der Waals surface area contributed by atoms with Gasteiger partial charge in [0.05, 0.1) is 18.0 Å². The van der Waals surface area contributed by atoms with Gasteiger partial charge < -0.3 is 9.64 Å². The van der Waals surface area contributed by atoms with Crippen molar-refractivity contribution in [1.29, 1.82) is 0 Å². The molecule has 1 fully saturated rings. The van der Waals surface area contributed by atoms with E-state index in [0.717, 1.165) is 50.2 Å². The third-order valence-electron chi connectivity index (χ3n) is 4.77. The second-order valence-corrected chi connectivity index (χ2v) is 6.75. The van der Waals surface area contributed by atoms with Crippen molar-refractivity contribution in [2.75, 3.05) is 19.7 Å². The number of amides is 1. The van der Waals surface area contributed by atoms with Crippen molar-refractivity contribution in [3.8, 4) is 5.69 Å². The third kappa shape index (κ3) is 4.41. The summed E-state index contributed by atoms with van der Waals surface area (Å²) >= 11 is 0. The van der Waals surface area contributed by atoms with E-state index < -0.39 is 0 Å². The van der Waals surface area contributed by atoms with Crippen LogP contribution in [0, 0.1) is 6.92 Å². The zero-order valence-corrected chi connectivity index (χ0v) is 15.1. The highest BCUT2D eigenvalue weighted by atomic mass is 16.6. The molecule has 0 bridgehead atoms. The first-order valence-corrected chi connectivity index (χ1v) is 9.21. The molecule has 1 amide bonds. The molecule has 0 unspecified atom stereocenters. The summed E-state index contributed by atoms with van der Waals surface area (Å²) in [6.45, 7) is 6.19. The Bertz CT molecular complexity index is 702. The Morgan fingerprint density at radius 1 is 1.28 bits per heavy atom. The van der Waals surface area contributed by atoms with E-state index in [-0.39, 0.29) is 6.09 Å². The lowest BCUT2D eigenvalue weighted by molar-refractivity contribution is 0.0914. The molecule has 0 saturated carbocycles. The van der Waals surface area contributed by atoms with Gasteiger partial charge in [-0.3, -0.25) is 0 Å². The van der Waals surface area contributed by atoms with Crippen molar-refractivity contribution in [2.24, 2.45) is 0 Å². The zero-order chi connectivity index (χ0) is 17.6. The Balaban J connectivity index is 1.56. The lowest BCUT2D eigenvalue weighted by Gasteiger charge is -2.30. The van der Waals surface area contributed by atoms with Gasteiger partial charge in [-0.25, -0.2) is 9.48 Å². The van der Waals surface area contributed by atoms with Crippen molar-refractivity contribution in [1.82, 2.24) is 14.7 Å². The Hall–Kier alpha value is -2.30. The number of piperidine rings is 1. The fourth-order valence-electron chi connectivity index (χ4n) is 3.22. The highest BCUT2D eigenvalue weighted by molar-refractivity contribution is 5.67. The van der Waals surface area contributed by atoms with Gasteiger partial charge in [0.25, 0.3) is 0 Å². The van der Waals surface area contributed by atoms with E-state index in [1.54, 1.807) is 0 Å². The quantitative estimate of drug-likeness (QED) is 0.762. The van der Waals surface area contributed by atoms with Crippen molar-refractivity contribution >= 4 is 6.09 Å². The monoisotopic (exact) mass is 341 g/mol. The smallest absolute Gasteiger partial charge is 0.409 e. The number of carbonyl (C=O) groups excluding carboxylic acids is 1. The summed E-state index contributed by atoms with van der Waals surface area (Å²) < 4.78 is 7.24. The molecule has 25 heavy (non-hydrogen) atoms. The van der Waals surface area contributed by atoms with Crippen LogP contribution in [-0.2, 0) is 4.74 Å². The lowest BCUT2D eigenvalue weighted by atomic mass is 9.94.